The van der Waals surface area contributed by atoms with E-state index in [2.05, 4.69) is 19.8 Å². The Morgan fingerprint density at radius 1 is 1.29 bits per heavy atom. The molecule has 1 aliphatic rings. The van der Waals surface area contributed by atoms with Crippen LogP contribution in [0.25, 0.3) is 0 Å². The number of hydrogen-bond donors (Lipinski definition) is 4. The van der Waals surface area contributed by atoms with Gasteiger partial charge in [0.15, 0.2) is 0 Å². The number of nitrogens with zero attached hydrogens (tertiary/aromatic N) is 1. The van der Waals surface area contributed by atoms with Crippen molar-refractivity contribution in [2.24, 2.45) is 0 Å². The molecule has 1 aromatic rings. The third-order valence-electron chi connectivity index (χ3n) is 3.57. The molecule has 2 heterocycles. The Morgan fingerprint density at radius 3 is 2.38 bits per heavy atom. The SMILES string of the molecule is [CH3][Sn]([CH3])([CH3])[c]1cn([C@H]2S[C@@H](CO)[C@@H](O)[C@@H]2O)c(=O)[nH]c1=O. The summed E-state index contributed by atoms with van der Waals surface area (Å²) in [5, 5.41) is 27.9. The number of rotatable bonds is 3. The van der Waals surface area contributed by atoms with Crippen LogP contribution in [0.5, 0.6) is 0 Å². The van der Waals surface area contributed by atoms with E-state index in [0.29, 0.717) is 3.58 Å². The monoisotopic (exact) mass is 424 g/mol. The molecule has 0 amide bonds. The van der Waals surface area contributed by atoms with Gasteiger partial charge in [0.25, 0.3) is 0 Å². The molecule has 0 aliphatic carbocycles. The molecule has 0 aromatic carbocycles. The number of aliphatic hydroxyl groups excluding tert-OH is 3. The van der Waals surface area contributed by atoms with E-state index >= 15 is 0 Å². The second kappa shape index (κ2) is 6.07. The standard InChI is InChI=1S/C9H11N2O5S.3CH3.Sn/c12-3-4-6(14)7(15)8(17-4)11-2-1-5(13)10-9(11)16;;;;/h2,4,6-8,12,14-15H,3H2,(H,10,13,16);3*1H3;/t4-,6+,7-,8-;;;;/m0..../s1. The van der Waals surface area contributed by atoms with Crippen molar-refractivity contribution in [1.82, 2.24) is 9.55 Å². The van der Waals surface area contributed by atoms with E-state index in [1.165, 1.54) is 10.8 Å². The summed E-state index contributed by atoms with van der Waals surface area (Å²) in [6, 6.07) is 0. The number of aromatic amines is 1. The van der Waals surface area contributed by atoms with Crippen molar-refractivity contribution in [3.63, 3.8) is 0 Å². The van der Waals surface area contributed by atoms with Gasteiger partial charge in [0, 0.05) is 0 Å². The quantitative estimate of drug-likeness (QED) is 0.436. The molecule has 118 valence electrons. The van der Waals surface area contributed by atoms with Gasteiger partial charge in [0.05, 0.1) is 0 Å². The molecule has 4 N–H and O–H groups in total. The number of hydrogen-bond acceptors (Lipinski definition) is 6. The zero-order chi connectivity index (χ0) is 15.9. The molecule has 21 heavy (non-hydrogen) atoms. The Bertz CT molecular complexity index is 638. The summed E-state index contributed by atoms with van der Waals surface area (Å²) in [6.07, 6.45) is -0.755. The molecule has 0 saturated carbocycles. The fraction of sp³-hybridized carbons (Fsp3) is 0.667. The van der Waals surface area contributed by atoms with E-state index in [4.69, 9.17) is 0 Å². The third-order valence-corrected chi connectivity index (χ3v) is 10.8. The van der Waals surface area contributed by atoms with Crippen LogP contribution >= 0.6 is 11.8 Å². The molecule has 0 bridgehead atoms. The molecule has 0 unspecified atom stereocenters. The Hall–Kier alpha value is -0.291. The summed E-state index contributed by atoms with van der Waals surface area (Å²) in [7, 11) is 0. The first-order chi connectivity index (χ1) is 9.66. The molecule has 1 fully saturated rings. The predicted octanol–water partition coefficient (Wildman–Crippen LogP) is -1.59. The first-order valence-electron chi connectivity index (χ1n) is 6.65. The normalized spacial score (nSPS) is 29.8. The molecule has 4 atom stereocenters. The van der Waals surface area contributed by atoms with Crippen molar-refractivity contribution in [2.75, 3.05) is 6.61 Å². The zero-order valence-electron chi connectivity index (χ0n) is 12.1. The van der Waals surface area contributed by atoms with Crippen LogP contribution in [0.4, 0.5) is 0 Å². The van der Waals surface area contributed by atoms with Gasteiger partial charge in [-0.1, -0.05) is 0 Å². The molecular weight excluding hydrogens is 403 g/mol. The summed E-state index contributed by atoms with van der Waals surface area (Å²) in [6.45, 7) is -0.289. The summed E-state index contributed by atoms with van der Waals surface area (Å²) in [5.41, 5.74) is -0.974. The number of thioether (sulfide) groups is 1. The van der Waals surface area contributed by atoms with Gasteiger partial charge in [0.1, 0.15) is 0 Å². The van der Waals surface area contributed by atoms with Crippen molar-refractivity contribution in [3.05, 3.63) is 27.0 Å². The van der Waals surface area contributed by atoms with Gasteiger partial charge in [0.2, 0.25) is 0 Å². The zero-order valence-corrected chi connectivity index (χ0v) is 15.8. The fourth-order valence-electron chi connectivity index (χ4n) is 2.32. The van der Waals surface area contributed by atoms with E-state index in [9.17, 15) is 24.9 Å². The van der Waals surface area contributed by atoms with Crippen LogP contribution in [0.3, 0.4) is 0 Å². The summed E-state index contributed by atoms with van der Waals surface area (Å²) in [5.74, 6) is 0. The molecule has 1 saturated heterocycles. The van der Waals surface area contributed by atoms with Gasteiger partial charge in [-0.2, -0.15) is 0 Å². The molecule has 2 rings (SSSR count). The molecule has 7 nitrogen and oxygen atoms in total. The predicted molar refractivity (Wildman–Crippen MR) is 83.8 cm³/mol. The van der Waals surface area contributed by atoms with Crippen molar-refractivity contribution >= 4 is 33.7 Å². The summed E-state index contributed by atoms with van der Waals surface area (Å²) >= 11 is -1.58. The van der Waals surface area contributed by atoms with Crippen molar-refractivity contribution in [1.29, 1.82) is 0 Å². The average Bonchev–Trinajstić information content (AvgIpc) is 2.65. The minimum atomic E-state index is -2.72. The van der Waals surface area contributed by atoms with Crippen LogP contribution in [0, 0.1) is 0 Å². The van der Waals surface area contributed by atoms with Crippen LogP contribution in [-0.4, -0.2) is 67.3 Å². The van der Waals surface area contributed by atoms with Gasteiger partial charge in [-0.3, -0.25) is 0 Å². The molecule has 1 aliphatic heterocycles. The Kier molecular flexibility index (Phi) is 4.93. The number of aliphatic hydroxyl groups is 3. The van der Waals surface area contributed by atoms with E-state index < -0.39 is 46.9 Å². The average molecular weight is 423 g/mol. The molecule has 0 radical (unpaired) electrons. The Labute approximate surface area is 129 Å². The van der Waals surface area contributed by atoms with Crippen LogP contribution in [-0.2, 0) is 0 Å². The summed E-state index contributed by atoms with van der Waals surface area (Å²) < 4.78 is 1.89. The van der Waals surface area contributed by atoms with Crippen LogP contribution in [0.15, 0.2) is 15.8 Å². The van der Waals surface area contributed by atoms with Gasteiger partial charge in [-0.15, -0.1) is 0 Å². The van der Waals surface area contributed by atoms with Crippen LogP contribution in [0.1, 0.15) is 5.37 Å². The third kappa shape index (κ3) is 3.24. The first-order valence-corrected chi connectivity index (χ1v) is 17.6. The number of aromatic nitrogens is 2. The fourth-order valence-corrected chi connectivity index (χ4v) is 7.32. The second-order valence-corrected chi connectivity index (χ2v) is 21.9. The van der Waals surface area contributed by atoms with E-state index in [0.717, 1.165) is 11.8 Å². The first kappa shape index (κ1) is 17.1. The van der Waals surface area contributed by atoms with Gasteiger partial charge >= 0.3 is 130 Å². The van der Waals surface area contributed by atoms with Gasteiger partial charge < -0.3 is 0 Å². The molecule has 9 heteroatoms. The molecular formula is C12H20N2O5SSn. The van der Waals surface area contributed by atoms with Crippen molar-refractivity contribution < 1.29 is 15.3 Å². The number of H-pyrrole nitrogens is 1. The second-order valence-electron chi connectivity index (χ2n) is 6.19. The van der Waals surface area contributed by atoms with E-state index in [1.54, 1.807) is 0 Å². The maximum atomic E-state index is 12.0. The molecule has 1 aromatic heterocycles. The van der Waals surface area contributed by atoms with Gasteiger partial charge in [-0.05, 0) is 0 Å². The molecule has 0 spiro atoms. The topological polar surface area (TPSA) is 116 Å². The van der Waals surface area contributed by atoms with E-state index in [-0.39, 0.29) is 12.2 Å². The summed E-state index contributed by atoms with van der Waals surface area (Å²) in [4.78, 5) is 32.4. The Balaban J connectivity index is 2.50. The maximum absolute atomic E-state index is 12.0. The van der Waals surface area contributed by atoms with Gasteiger partial charge in [-0.25, -0.2) is 0 Å². The van der Waals surface area contributed by atoms with E-state index in [1.807, 2.05) is 0 Å². The van der Waals surface area contributed by atoms with Crippen molar-refractivity contribution in [2.45, 2.75) is 37.7 Å². The minimum absolute atomic E-state index is 0.289. The van der Waals surface area contributed by atoms with Crippen molar-refractivity contribution in [3.8, 4) is 0 Å². The van der Waals surface area contributed by atoms with Crippen LogP contribution < -0.4 is 14.8 Å². The number of nitrogens with one attached hydrogen (secondary N) is 1. The van der Waals surface area contributed by atoms with Crippen LogP contribution in [0.2, 0.25) is 14.8 Å². The Morgan fingerprint density at radius 2 is 1.90 bits per heavy atom.